The summed E-state index contributed by atoms with van der Waals surface area (Å²) in [6.45, 7) is 6.16. The molecule has 2 heterocycles. The zero-order chi connectivity index (χ0) is 38.5. The van der Waals surface area contributed by atoms with E-state index in [9.17, 15) is 36.1 Å². The van der Waals surface area contributed by atoms with Crippen molar-refractivity contribution in [1.29, 1.82) is 0 Å². The van der Waals surface area contributed by atoms with Crippen LogP contribution < -0.4 is 4.74 Å². The highest BCUT2D eigenvalue weighted by Crippen LogP contribution is 2.62. The fraction of sp³-hybridized carbons (Fsp3) is 0.833. The standard InChI is InChI=1S/C42H63F5N2O4S/c1-40-21-17-35-34-14-13-33(53-39(51)49-24-18-32(19-25-49)48-22-8-9-23-48)29-31(34)28-30(38(35)36(40)15-16-37(40)50)12-7-5-3-2-4-6-10-26-54(52)27-11-20-41(43,44)42(45,46)47/h13-14,29-30,32,35-38,50H,2-12,15-28H2,1H3/t30-,35-,36+,37+,38-,40+,54?/m1/s1. The fourth-order valence-corrected chi connectivity index (χ4v) is 12.2. The zero-order valence-corrected chi connectivity index (χ0v) is 33.1. The van der Waals surface area contributed by atoms with E-state index >= 15 is 0 Å². The van der Waals surface area contributed by atoms with Gasteiger partial charge < -0.3 is 19.6 Å². The van der Waals surface area contributed by atoms with Crippen LogP contribution in [0.3, 0.4) is 0 Å². The van der Waals surface area contributed by atoms with Crippen molar-refractivity contribution in [2.45, 2.75) is 159 Å². The Labute approximate surface area is 321 Å². The molecule has 7 atom stereocenters. The average molecular weight is 787 g/mol. The topological polar surface area (TPSA) is 70.1 Å². The van der Waals surface area contributed by atoms with Crippen LogP contribution in [0.2, 0.25) is 0 Å². The van der Waals surface area contributed by atoms with Crippen molar-refractivity contribution in [1.82, 2.24) is 9.80 Å². The Bertz CT molecular complexity index is 1420. The van der Waals surface area contributed by atoms with Crippen LogP contribution in [0.5, 0.6) is 5.75 Å². The van der Waals surface area contributed by atoms with E-state index in [4.69, 9.17) is 4.74 Å². The summed E-state index contributed by atoms with van der Waals surface area (Å²) >= 11 is 0. The van der Waals surface area contributed by atoms with E-state index in [1.807, 2.05) is 11.0 Å². The number of hydrogen-bond donors (Lipinski definition) is 1. The molecule has 0 bridgehead atoms. The largest absolute Gasteiger partial charge is 0.453 e. The molecule has 1 aromatic carbocycles. The Balaban J connectivity index is 0.960. The molecule has 3 aliphatic carbocycles. The molecule has 54 heavy (non-hydrogen) atoms. The first-order valence-corrected chi connectivity index (χ1v) is 22.6. The average Bonchev–Trinajstić information content (AvgIpc) is 3.78. The molecule has 0 spiro atoms. The number of ether oxygens (including phenoxy) is 1. The number of fused-ring (bicyclic) bond motifs is 5. The number of likely N-dealkylation sites (tertiary alicyclic amines) is 2. The zero-order valence-electron chi connectivity index (χ0n) is 32.2. The van der Waals surface area contributed by atoms with E-state index in [2.05, 4.69) is 24.0 Å². The van der Waals surface area contributed by atoms with Gasteiger partial charge in [0, 0.05) is 47.9 Å². The summed E-state index contributed by atoms with van der Waals surface area (Å²) in [5.74, 6) is -1.83. The number of nitrogens with zero attached hydrogens (tertiary/aromatic N) is 2. The summed E-state index contributed by atoms with van der Waals surface area (Å²) in [5, 5.41) is 11.1. The highest BCUT2D eigenvalue weighted by atomic mass is 32.2. The SMILES string of the molecule is C[C@]12CC[C@@H]3c4ccc(OC(=O)N5CCC(N6CCCC6)CC5)cc4C[C@@H](CCCCCCCCCS(=O)CCCC(F)(F)C(F)(F)F)[C@H]3[C@@H]1CC[C@@H]2O. The van der Waals surface area contributed by atoms with E-state index < -0.39 is 35.7 Å². The number of aliphatic hydroxyl groups excluding tert-OH is 1. The number of alkyl halides is 5. The van der Waals surface area contributed by atoms with Gasteiger partial charge in [-0.1, -0.05) is 51.5 Å². The summed E-state index contributed by atoms with van der Waals surface area (Å²) in [7, 11) is -1.37. The molecule has 2 saturated heterocycles. The molecule has 306 valence electrons. The third-order valence-electron chi connectivity index (χ3n) is 14.1. The number of halogens is 5. The molecule has 4 fully saturated rings. The number of carbonyl (C=O) groups is 1. The summed E-state index contributed by atoms with van der Waals surface area (Å²) < 4.78 is 81.3. The maximum atomic E-state index is 13.3. The molecule has 1 amide bonds. The Morgan fingerprint density at radius 2 is 1.56 bits per heavy atom. The molecule has 2 saturated carbocycles. The van der Waals surface area contributed by atoms with Crippen molar-refractivity contribution >= 4 is 16.9 Å². The van der Waals surface area contributed by atoms with Gasteiger partial charge in [0.05, 0.1) is 6.10 Å². The molecule has 0 radical (unpaired) electrons. The molecular weight excluding hydrogens is 724 g/mol. The molecule has 5 aliphatic rings. The first-order valence-electron chi connectivity index (χ1n) is 21.1. The van der Waals surface area contributed by atoms with Gasteiger partial charge in [-0.05, 0) is 142 Å². The Hall–Kier alpha value is -1.79. The van der Waals surface area contributed by atoms with Crippen LogP contribution in [-0.4, -0.2) is 87.1 Å². The molecule has 1 aromatic rings. The second-order valence-electron chi connectivity index (χ2n) is 17.5. The lowest BCUT2D eigenvalue weighted by Crippen LogP contribution is -2.47. The normalized spacial score (nSPS) is 29.8. The van der Waals surface area contributed by atoms with Crippen LogP contribution in [0.15, 0.2) is 18.2 Å². The van der Waals surface area contributed by atoms with Gasteiger partial charge in [0.2, 0.25) is 0 Å². The van der Waals surface area contributed by atoms with Crippen molar-refractivity contribution in [2.75, 3.05) is 37.7 Å². The van der Waals surface area contributed by atoms with Crippen molar-refractivity contribution in [2.24, 2.45) is 23.2 Å². The van der Waals surface area contributed by atoms with Gasteiger partial charge in [-0.15, -0.1) is 0 Å². The number of amides is 1. The minimum atomic E-state index is -5.55. The van der Waals surface area contributed by atoms with Gasteiger partial charge in [0.15, 0.2) is 0 Å². The summed E-state index contributed by atoms with van der Waals surface area (Å²) in [6.07, 6.45) is 9.97. The minimum Gasteiger partial charge on any atom is -0.410 e. The van der Waals surface area contributed by atoms with Gasteiger partial charge in [0.25, 0.3) is 0 Å². The molecule has 6 nitrogen and oxygen atoms in total. The molecule has 0 aromatic heterocycles. The van der Waals surface area contributed by atoms with Crippen LogP contribution >= 0.6 is 0 Å². The predicted molar refractivity (Wildman–Crippen MR) is 202 cm³/mol. The van der Waals surface area contributed by atoms with Crippen LogP contribution in [0, 0.1) is 23.2 Å². The monoisotopic (exact) mass is 786 g/mol. The van der Waals surface area contributed by atoms with Crippen molar-refractivity contribution in [3.8, 4) is 5.75 Å². The van der Waals surface area contributed by atoms with Gasteiger partial charge in [0.1, 0.15) is 5.75 Å². The van der Waals surface area contributed by atoms with Gasteiger partial charge in [-0.25, -0.2) is 4.79 Å². The number of benzene rings is 1. The number of piperidine rings is 1. The lowest BCUT2D eigenvalue weighted by atomic mass is 9.52. The van der Waals surface area contributed by atoms with Crippen LogP contribution in [0.1, 0.15) is 140 Å². The summed E-state index contributed by atoms with van der Waals surface area (Å²) in [6, 6.07) is 6.94. The fourth-order valence-electron chi connectivity index (χ4n) is 11.0. The van der Waals surface area contributed by atoms with Crippen LogP contribution in [0.4, 0.5) is 26.7 Å². The Kier molecular flexibility index (Phi) is 14.1. The van der Waals surface area contributed by atoms with E-state index in [1.165, 1.54) is 37.1 Å². The van der Waals surface area contributed by atoms with Crippen molar-refractivity contribution in [3.05, 3.63) is 29.3 Å². The van der Waals surface area contributed by atoms with Gasteiger partial charge in [-0.3, -0.25) is 4.21 Å². The summed E-state index contributed by atoms with van der Waals surface area (Å²) in [4.78, 5) is 17.7. The third-order valence-corrected chi connectivity index (χ3v) is 15.6. The van der Waals surface area contributed by atoms with Gasteiger partial charge in [-0.2, -0.15) is 22.0 Å². The summed E-state index contributed by atoms with van der Waals surface area (Å²) in [5.41, 5.74) is 2.70. The van der Waals surface area contributed by atoms with E-state index in [1.54, 1.807) is 0 Å². The van der Waals surface area contributed by atoms with Crippen LogP contribution in [-0.2, 0) is 17.2 Å². The third kappa shape index (κ3) is 9.83. The highest BCUT2D eigenvalue weighted by Gasteiger charge is 2.57. The second-order valence-corrected chi connectivity index (χ2v) is 19.2. The maximum Gasteiger partial charge on any atom is 0.453 e. The lowest BCUT2D eigenvalue weighted by molar-refractivity contribution is -0.284. The Morgan fingerprint density at radius 3 is 2.26 bits per heavy atom. The molecule has 1 N–H and O–H groups in total. The quantitative estimate of drug-likeness (QED) is 0.134. The predicted octanol–water partition coefficient (Wildman–Crippen LogP) is 10.0. The van der Waals surface area contributed by atoms with Crippen LogP contribution in [0.25, 0.3) is 0 Å². The molecular formula is C42H63F5N2O4S. The van der Waals surface area contributed by atoms with Crippen molar-refractivity contribution < 1.29 is 40.8 Å². The number of aliphatic hydroxyl groups is 1. The first-order chi connectivity index (χ1) is 25.8. The lowest BCUT2D eigenvalue weighted by Gasteiger charge is -2.53. The van der Waals surface area contributed by atoms with E-state index in [0.717, 1.165) is 103 Å². The Morgan fingerprint density at radius 1 is 0.889 bits per heavy atom. The van der Waals surface area contributed by atoms with E-state index in [-0.39, 0.29) is 23.4 Å². The number of rotatable bonds is 16. The molecule has 2 aliphatic heterocycles. The minimum absolute atomic E-state index is 0.0214. The van der Waals surface area contributed by atoms with Crippen molar-refractivity contribution in [3.63, 3.8) is 0 Å². The number of unbranched alkanes of at least 4 members (excludes halogenated alkanes) is 6. The van der Waals surface area contributed by atoms with E-state index in [0.29, 0.717) is 47.6 Å². The first kappa shape index (κ1) is 41.8. The number of carbonyl (C=O) groups excluding carboxylic acids is 1. The second kappa shape index (κ2) is 18.2. The molecule has 1 unspecified atom stereocenters. The maximum absolute atomic E-state index is 13.3. The smallest absolute Gasteiger partial charge is 0.410 e. The van der Waals surface area contributed by atoms with Gasteiger partial charge >= 0.3 is 18.2 Å². The molecule has 6 rings (SSSR count). The molecule has 12 heteroatoms. The highest BCUT2D eigenvalue weighted by molar-refractivity contribution is 7.84. The number of hydrogen-bond acceptors (Lipinski definition) is 5.